The second kappa shape index (κ2) is 10.00. The van der Waals surface area contributed by atoms with E-state index in [2.05, 4.69) is 81.1 Å². The van der Waals surface area contributed by atoms with Crippen molar-refractivity contribution in [2.24, 2.45) is 46.3 Å². The van der Waals surface area contributed by atoms with E-state index in [4.69, 9.17) is 4.43 Å². The van der Waals surface area contributed by atoms with Crippen LogP contribution in [0.25, 0.3) is 0 Å². The molecule has 4 aliphatic carbocycles. The van der Waals surface area contributed by atoms with Gasteiger partial charge in [0.2, 0.25) is 0 Å². The lowest BCUT2D eigenvalue weighted by Gasteiger charge is -2.59. The van der Waals surface area contributed by atoms with E-state index in [0.717, 1.165) is 29.6 Å². The van der Waals surface area contributed by atoms with Crippen molar-refractivity contribution < 1.29 is 4.43 Å². The van der Waals surface area contributed by atoms with Crippen LogP contribution in [0.15, 0.2) is 23.8 Å². The molecule has 0 saturated heterocycles. The molecule has 0 amide bonds. The van der Waals surface area contributed by atoms with Gasteiger partial charge in [-0.15, -0.1) is 0 Å². The normalized spacial score (nSPS) is 40.5. The Bertz CT molecular complexity index is 846. The molecule has 4 rings (SSSR count). The maximum atomic E-state index is 6.95. The molecule has 0 N–H and O–H groups in total. The van der Waals surface area contributed by atoms with E-state index in [0.29, 0.717) is 27.9 Å². The highest BCUT2D eigenvalue weighted by Crippen LogP contribution is 2.67. The third kappa shape index (κ3) is 5.01. The van der Waals surface area contributed by atoms with Crippen molar-refractivity contribution >= 4 is 8.32 Å². The Morgan fingerprint density at radius 1 is 1.06 bits per heavy atom. The molecule has 0 aromatic heterocycles. The van der Waals surface area contributed by atoms with Crippen molar-refractivity contribution in [3.05, 3.63) is 23.8 Å². The first kappa shape index (κ1) is 28.7. The van der Waals surface area contributed by atoms with Crippen LogP contribution in [0.4, 0.5) is 0 Å². The zero-order valence-electron chi connectivity index (χ0n) is 25.8. The summed E-state index contributed by atoms with van der Waals surface area (Å²) < 4.78 is 6.95. The highest BCUT2D eigenvalue weighted by molar-refractivity contribution is 6.74. The lowest BCUT2D eigenvalue weighted by molar-refractivity contribution is -0.0563. The van der Waals surface area contributed by atoms with Crippen molar-refractivity contribution in [1.82, 2.24) is 0 Å². The summed E-state index contributed by atoms with van der Waals surface area (Å²) in [6.45, 7) is 28.9. The molecule has 0 aromatic rings. The summed E-state index contributed by atoms with van der Waals surface area (Å²) in [7, 11) is -1.71. The van der Waals surface area contributed by atoms with Crippen molar-refractivity contribution in [3.63, 3.8) is 0 Å². The Morgan fingerprint density at radius 3 is 2.39 bits per heavy atom. The first-order valence-corrected chi connectivity index (χ1v) is 18.6. The molecule has 0 heterocycles. The summed E-state index contributed by atoms with van der Waals surface area (Å²) in [5, 5.41) is 0.297. The zero-order valence-corrected chi connectivity index (χ0v) is 26.8. The van der Waals surface area contributed by atoms with Gasteiger partial charge in [0, 0.05) is 6.10 Å². The smallest absolute Gasteiger partial charge is 0.192 e. The number of hydrogen-bond donors (Lipinski definition) is 0. The van der Waals surface area contributed by atoms with Gasteiger partial charge in [0.1, 0.15) is 0 Å². The maximum Gasteiger partial charge on any atom is 0.192 e. The summed E-state index contributed by atoms with van der Waals surface area (Å²) in [6.07, 6.45) is 16.8. The average molecular weight is 514 g/mol. The SMILES string of the molecule is C=C(CC[C@@H](C)[C@H]1CC[C@H]2[C@@H]3CC=C4C[C@@H](O[Si](C)(C)C(C)(C)C)CC[C@]4(C)[C@H]3CC[C@]12C)[C@H](C)[13CH3]. The average Bonchev–Trinajstić information content (AvgIpc) is 3.13. The molecule has 0 aliphatic heterocycles. The molecule has 9 atom stereocenters. The molecule has 0 aromatic carbocycles. The summed E-state index contributed by atoms with van der Waals surface area (Å²) in [6, 6.07) is 0. The van der Waals surface area contributed by atoms with E-state index in [1.165, 1.54) is 69.8 Å². The summed E-state index contributed by atoms with van der Waals surface area (Å²) in [4.78, 5) is 0. The maximum absolute atomic E-state index is 6.95. The van der Waals surface area contributed by atoms with E-state index in [-0.39, 0.29) is 0 Å². The van der Waals surface area contributed by atoms with E-state index < -0.39 is 8.32 Å². The van der Waals surface area contributed by atoms with Crippen molar-refractivity contribution in [2.45, 2.75) is 144 Å². The minimum Gasteiger partial charge on any atom is -0.414 e. The molecule has 2 heteroatoms. The largest absolute Gasteiger partial charge is 0.414 e. The molecular weight excluding hydrogens is 453 g/mol. The number of fused-ring (bicyclic) bond motifs is 5. The summed E-state index contributed by atoms with van der Waals surface area (Å²) in [5.41, 5.74) is 4.22. The molecule has 206 valence electrons. The zero-order chi connectivity index (χ0) is 26.7. The highest BCUT2D eigenvalue weighted by atomic mass is 28.4. The van der Waals surface area contributed by atoms with Crippen molar-refractivity contribution in [3.8, 4) is 0 Å². The third-order valence-electron chi connectivity index (χ3n) is 12.8. The Hall–Kier alpha value is -0.343. The molecule has 0 unspecified atom stereocenters. The van der Waals surface area contributed by atoms with Crippen LogP contribution in [0, 0.1) is 46.3 Å². The summed E-state index contributed by atoms with van der Waals surface area (Å²) >= 11 is 0. The van der Waals surface area contributed by atoms with Gasteiger partial charge in [0.25, 0.3) is 0 Å². The van der Waals surface area contributed by atoms with Gasteiger partial charge in [0.15, 0.2) is 8.32 Å². The van der Waals surface area contributed by atoms with Gasteiger partial charge in [0.05, 0.1) is 0 Å². The molecular formula is C34H60OSi. The van der Waals surface area contributed by atoms with E-state index in [9.17, 15) is 0 Å². The van der Waals surface area contributed by atoms with Crippen LogP contribution in [-0.4, -0.2) is 14.4 Å². The first-order valence-electron chi connectivity index (χ1n) is 15.6. The Labute approximate surface area is 226 Å². The molecule has 3 fully saturated rings. The lowest BCUT2D eigenvalue weighted by Crippen LogP contribution is -2.52. The van der Waals surface area contributed by atoms with Crippen LogP contribution in [0.2, 0.25) is 18.1 Å². The van der Waals surface area contributed by atoms with Gasteiger partial charge in [-0.05, 0) is 129 Å². The van der Waals surface area contributed by atoms with Crippen LogP contribution in [0.3, 0.4) is 0 Å². The minimum atomic E-state index is -1.71. The molecule has 3 saturated carbocycles. The van der Waals surface area contributed by atoms with Crippen LogP contribution >= 0.6 is 0 Å². The third-order valence-corrected chi connectivity index (χ3v) is 17.4. The Balaban J connectivity index is 1.45. The Kier molecular flexibility index (Phi) is 7.96. The number of allylic oxidation sites excluding steroid dienone is 2. The standard InChI is InChI=1S/C34H60OSi/c1-23(2)24(3)12-13-25(4)29-16-17-30-28-15-14-26-22-27(35-36(10,11)32(5,6)7)18-20-33(26,8)31(28)19-21-34(29,30)9/h14,23,25,27-31H,3,12-13,15-22H2,1-2,4-11H3/t25-,27+,28+,29-,30+,31+,33+,34-/m1/s1/i1+1/t23-,25+,27-,28-,29+,30-,31-,33-,34+/m0. The van der Waals surface area contributed by atoms with E-state index in [1.54, 1.807) is 5.57 Å². The van der Waals surface area contributed by atoms with Crippen molar-refractivity contribution in [1.29, 1.82) is 0 Å². The minimum absolute atomic E-state index is 0.297. The van der Waals surface area contributed by atoms with E-state index in [1.807, 2.05) is 0 Å². The predicted molar refractivity (Wildman–Crippen MR) is 160 cm³/mol. The topological polar surface area (TPSA) is 9.23 Å². The second-order valence-electron chi connectivity index (χ2n) is 16.1. The fourth-order valence-electron chi connectivity index (χ4n) is 9.20. The monoisotopic (exact) mass is 513 g/mol. The fraction of sp³-hybridized carbons (Fsp3) is 0.882. The molecule has 0 spiro atoms. The van der Waals surface area contributed by atoms with Gasteiger partial charge in [-0.25, -0.2) is 0 Å². The predicted octanol–water partition coefficient (Wildman–Crippen LogP) is 10.6. The van der Waals surface area contributed by atoms with Crippen LogP contribution < -0.4 is 0 Å². The summed E-state index contributed by atoms with van der Waals surface area (Å²) in [5.74, 6) is 5.13. The van der Waals surface area contributed by atoms with Crippen molar-refractivity contribution in [2.75, 3.05) is 0 Å². The molecule has 36 heavy (non-hydrogen) atoms. The van der Waals surface area contributed by atoms with Gasteiger partial charge in [-0.2, -0.15) is 0 Å². The van der Waals surface area contributed by atoms with Gasteiger partial charge < -0.3 is 4.43 Å². The van der Waals surface area contributed by atoms with Crippen LogP contribution in [0.1, 0.15) is 120 Å². The fourth-order valence-corrected chi connectivity index (χ4v) is 10.6. The van der Waals surface area contributed by atoms with Crippen LogP contribution in [0.5, 0.6) is 0 Å². The molecule has 0 radical (unpaired) electrons. The van der Waals surface area contributed by atoms with Crippen LogP contribution in [-0.2, 0) is 4.43 Å². The quantitative estimate of drug-likeness (QED) is 0.187. The highest BCUT2D eigenvalue weighted by Gasteiger charge is 2.59. The molecule has 0 bridgehead atoms. The van der Waals surface area contributed by atoms with E-state index >= 15 is 0 Å². The van der Waals surface area contributed by atoms with Gasteiger partial charge >= 0.3 is 0 Å². The van der Waals surface area contributed by atoms with Gasteiger partial charge in [-0.1, -0.05) is 79.2 Å². The number of rotatable bonds is 7. The number of hydrogen-bond acceptors (Lipinski definition) is 1. The van der Waals surface area contributed by atoms with Gasteiger partial charge in [-0.3, -0.25) is 0 Å². The first-order chi connectivity index (χ1) is 16.6. The second-order valence-corrected chi connectivity index (χ2v) is 20.8. The molecule has 4 aliphatic rings. The molecule has 1 nitrogen and oxygen atoms in total. The lowest BCUT2D eigenvalue weighted by atomic mass is 9.47. The Morgan fingerprint density at radius 2 is 1.75 bits per heavy atom.